The summed E-state index contributed by atoms with van der Waals surface area (Å²) in [6, 6.07) is 0.412. The molecule has 5 nitrogen and oxygen atoms in total. The summed E-state index contributed by atoms with van der Waals surface area (Å²) >= 11 is 0. The van der Waals surface area contributed by atoms with Crippen LogP contribution in [0.3, 0.4) is 0 Å². The molecular formula is C13H26IN5. The van der Waals surface area contributed by atoms with E-state index in [9.17, 15) is 0 Å². The Bertz CT molecular complexity index is 386. The van der Waals surface area contributed by atoms with Gasteiger partial charge in [0.25, 0.3) is 0 Å². The second-order valence-corrected chi connectivity index (χ2v) is 4.95. The smallest absolute Gasteiger partial charge is 0.191 e. The average molecular weight is 379 g/mol. The first-order chi connectivity index (χ1) is 8.52. The van der Waals surface area contributed by atoms with Crippen LogP contribution in [0.2, 0.25) is 0 Å². The molecule has 0 radical (unpaired) electrons. The second-order valence-electron chi connectivity index (χ2n) is 4.95. The van der Waals surface area contributed by atoms with E-state index in [1.54, 1.807) is 7.05 Å². The van der Waals surface area contributed by atoms with Crippen molar-refractivity contribution in [2.75, 3.05) is 13.6 Å². The minimum atomic E-state index is 0. The van der Waals surface area contributed by atoms with Crippen molar-refractivity contribution in [1.29, 1.82) is 0 Å². The van der Waals surface area contributed by atoms with Gasteiger partial charge in [-0.15, -0.1) is 24.0 Å². The molecule has 0 saturated heterocycles. The third kappa shape index (κ3) is 6.79. The Labute approximate surface area is 133 Å². The van der Waals surface area contributed by atoms with E-state index in [4.69, 9.17) is 0 Å². The van der Waals surface area contributed by atoms with Crippen molar-refractivity contribution in [2.45, 2.75) is 33.2 Å². The summed E-state index contributed by atoms with van der Waals surface area (Å²) in [6.45, 7) is 7.41. The summed E-state index contributed by atoms with van der Waals surface area (Å²) in [5, 5.41) is 10.8. The maximum absolute atomic E-state index is 4.22. The minimum Gasteiger partial charge on any atom is -0.356 e. The third-order valence-electron chi connectivity index (χ3n) is 3.05. The van der Waals surface area contributed by atoms with Gasteiger partial charge in [-0.2, -0.15) is 5.10 Å². The molecule has 1 aromatic heterocycles. The van der Waals surface area contributed by atoms with E-state index >= 15 is 0 Å². The van der Waals surface area contributed by atoms with Crippen LogP contribution in [0, 0.1) is 5.92 Å². The predicted octanol–water partition coefficient (Wildman–Crippen LogP) is 1.79. The lowest BCUT2D eigenvalue weighted by Gasteiger charge is -2.20. The van der Waals surface area contributed by atoms with Crippen LogP contribution in [0.1, 0.15) is 26.3 Å². The normalized spacial score (nSPS) is 13.1. The molecule has 6 heteroatoms. The van der Waals surface area contributed by atoms with Gasteiger partial charge in [0, 0.05) is 32.9 Å². The standard InChI is InChI=1S/C13H25N5.HI/c1-10(2)11(3)17-13(14-4)15-7-6-12-8-16-18(5)9-12;/h8-11H,6-7H2,1-5H3,(H2,14,15,17);1H. The zero-order chi connectivity index (χ0) is 13.5. The summed E-state index contributed by atoms with van der Waals surface area (Å²) < 4.78 is 1.82. The molecule has 0 fully saturated rings. The topological polar surface area (TPSA) is 54.2 Å². The van der Waals surface area contributed by atoms with Gasteiger partial charge in [-0.1, -0.05) is 13.8 Å². The van der Waals surface area contributed by atoms with E-state index in [1.807, 2.05) is 24.1 Å². The Kier molecular flexibility index (Phi) is 8.79. The van der Waals surface area contributed by atoms with Crippen molar-refractivity contribution in [1.82, 2.24) is 20.4 Å². The number of aromatic nitrogens is 2. The van der Waals surface area contributed by atoms with E-state index in [-0.39, 0.29) is 24.0 Å². The first-order valence-electron chi connectivity index (χ1n) is 6.47. The maximum Gasteiger partial charge on any atom is 0.191 e. The Hall–Kier alpha value is -0.790. The van der Waals surface area contributed by atoms with Crippen molar-refractivity contribution in [3.63, 3.8) is 0 Å². The van der Waals surface area contributed by atoms with Gasteiger partial charge >= 0.3 is 0 Å². The predicted molar refractivity (Wildman–Crippen MR) is 91.1 cm³/mol. The molecule has 0 saturated carbocycles. The molecule has 0 aliphatic rings. The molecule has 110 valence electrons. The molecule has 0 amide bonds. The number of nitrogens with zero attached hydrogens (tertiary/aromatic N) is 3. The lowest BCUT2D eigenvalue weighted by molar-refractivity contribution is 0.481. The number of aliphatic imine (C=N–C) groups is 1. The lowest BCUT2D eigenvalue weighted by atomic mass is 10.1. The Morgan fingerprint density at radius 2 is 2.11 bits per heavy atom. The first kappa shape index (κ1) is 18.2. The molecule has 1 atom stereocenters. The van der Waals surface area contributed by atoms with Gasteiger partial charge in [0.05, 0.1) is 6.20 Å². The molecule has 1 unspecified atom stereocenters. The summed E-state index contributed by atoms with van der Waals surface area (Å²) in [7, 11) is 3.73. The highest BCUT2D eigenvalue weighted by Gasteiger charge is 2.08. The first-order valence-corrected chi connectivity index (χ1v) is 6.47. The number of hydrogen-bond acceptors (Lipinski definition) is 2. The highest BCUT2D eigenvalue weighted by atomic mass is 127. The zero-order valence-corrected chi connectivity index (χ0v) is 14.8. The molecule has 0 aliphatic heterocycles. The van der Waals surface area contributed by atoms with Crippen LogP contribution in [0.15, 0.2) is 17.4 Å². The number of rotatable bonds is 5. The summed E-state index contributed by atoms with van der Waals surface area (Å²) in [5.74, 6) is 1.45. The van der Waals surface area contributed by atoms with Crippen LogP contribution in [0.4, 0.5) is 0 Å². The van der Waals surface area contributed by atoms with Crippen molar-refractivity contribution in [3.05, 3.63) is 18.0 Å². The number of hydrogen-bond donors (Lipinski definition) is 2. The van der Waals surface area contributed by atoms with E-state index in [0.717, 1.165) is 18.9 Å². The maximum atomic E-state index is 4.22. The fourth-order valence-electron chi connectivity index (χ4n) is 1.50. The molecule has 2 N–H and O–H groups in total. The van der Waals surface area contributed by atoms with Gasteiger partial charge in [-0.05, 0) is 24.8 Å². The summed E-state index contributed by atoms with van der Waals surface area (Å²) in [4.78, 5) is 4.22. The molecule has 0 bridgehead atoms. The molecule has 1 rings (SSSR count). The molecule has 0 aliphatic carbocycles. The van der Waals surface area contributed by atoms with Crippen LogP contribution in [-0.4, -0.2) is 35.4 Å². The quantitative estimate of drug-likeness (QED) is 0.466. The van der Waals surface area contributed by atoms with E-state index in [1.165, 1.54) is 5.56 Å². The minimum absolute atomic E-state index is 0. The zero-order valence-electron chi connectivity index (χ0n) is 12.5. The second kappa shape index (κ2) is 9.17. The van der Waals surface area contributed by atoms with Gasteiger partial charge in [0.15, 0.2) is 5.96 Å². The SMILES string of the molecule is CN=C(NCCc1cnn(C)c1)NC(C)C(C)C.I. The monoisotopic (exact) mass is 379 g/mol. The summed E-state index contributed by atoms with van der Waals surface area (Å²) in [6.07, 6.45) is 4.88. The lowest BCUT2D eigenvalue weighted by Crippen LogP contribution is -2.44. The van der Waals surface area contributed by atoms with Gasteiger partial charge in [-0.3, -0.25) is 9.67 Å². The van der Waals surface area contributed by atoms with Gasteiger partial charge < -0.3 is 10.6 Å². The Morgan fingerprint density at radius 1 is 1.42 bits per heavy atom. The molecule has 19 heavy (non-hydrogen) atoms. The Balaban J connectivity index is 0.00000324. The van der Waals surface area contributed by atoms with Crippen LogP contribution in [-0.2, 0) is 13.5 Å². The van der Waals surface area contributed by atoms with Crippen molar-refractivity contribution in [2.24, 2.45) is 18.0 Å². The Morgan fingerprint density at radius 3 is 2.58 bits per heavy atom. The van der Waals surface area contributed by atoms with E-state index in [2.05, 4.69) is 41.5 Å². The average Bonchev–Trinajstić information content (AvgIpc) is 2.73. The number of halogens is 1. The number of aryl methyl sites for hydroxylation is 1. The van der Waals surface area contributed by atoms with E-state index < -0.39 is 0 Å². The molecule has 1 heterocycles. The van der Waals surface area contributed by atoms with Gasteiger partial charge in [-0.25, -0.2) is 0 Å². The fourth-order valence-corrected chi connectivity index (χ4v) is 1.50. The number of nitrogens with one attached hydrogen (secondary N) is 2. The van der Waals surface area contributed by atoms with Crippen molar-refractivity contribution < 1.29 is 0 Å². The molecule has 0 aromatic carbocycles. The van der Waals surface area contributed by atoms with Crippen molar-refractivity contribution >= 4 is 29.9 Å². The van der Waals surface area contributed by atoms with E-state index in [0.29, 0.717) is 12.0 Å². The van der Waals surface area contributed by atoms with Gasteiger partial charge in [0.2, 0.25) is 0 Å². The molecule has 1 aromatic rings. The largest absolute Gasteiger partial charge is 0.356 e. The van der Waals surface area contributed by atoms with Crippen LogP contribution >= 0.6 is 24.0 Å². The van der Waals surface area contributed by atoms with Gasteiger partial charge in [0.1, 0.15) is 0 Å². The van der Waals surface area contributed by atoms with Crippen LogP contribution in [0.5, 0.6) is 0 Å². The summed E-state index contributed by atoms with van der Waals surface area (Å²) in [5.41, 5.74) is 1.23. The third-order valence-corrected chi connectivity index (χ3v) is 3.05. The highest BCUT2D eigenvalue weighted by molar-refractivity contribution is 14.0. The van der Waals surface area contributed by atoms with Crippen LogP contribution in [0.25, 0.3) is 0 Å². The highest BCUT2D eigenvalue weighted by Crippen LogP contribution is 1.99. The fraction of sp³-hybridized carbons (Fsp3) is 0.692. The van der Waals surface area contributed by atoms with Crippen LogP contribution < -0.4 is 10.6 Å². The molecular weight excluding hydrogens is 353 g/mol. The molecule has 0 spiro atoms. The number of guanidine groups is 1. The van der Waals surface area contributed by atoms with Crippen molar-refractivity contribution in [3.8, 4) is 0 Å².